The van der Waals surface area contributed by atoms with Gasteiger partial charge in [0.15, 0.2) is 37.6 Å². The number of ether oxygens (including phenoxy) is 1. The Balaban J connectivity index is 1.61. The molecule has 2 unspecified atom stereocenters. The van der Waals surface area contributed by atoms with Crippen LogP contribution in [0.4, 0.5) is 11.4 Å². The van der Waals surface area contributed by atoms with Crippen molar-refractivity contribution in [2.75, 3.05) is 11.9 Å². The highest BCUT2D eigenvalue weighted by Gasteiger charge is 2.33. The number of nitrogens with one attached hydrogen (secondary N) is 2. The minimum atomic E-state index is -5.04. The fraction of sp³-hybridized carbons (Fsp3) is 0.222. The Morgan fingerprint density at radius 2 is 1.79 bits per heavy atom. The Kier molecular flexibility index (Phi) is 9.08. The number of sulfone groups is 1. The van der Waals surface area contributed by atoms with Crippen LogP contribution in [-0.2, 0) is 34.9 Å². The molecule has 15 nitrogen and oxygen atoms in total. The third kappa shape index (κ3) is 6.41. The monoisotopic (exact) mass is 746 g/mol. The predicted molar refractivity (Wildman–Crippen MR) is 171 cm³/mol. The summed E-state index contributed by atoms with van der Waals surface area (Å²) in [4.78, 5) is 19.8. The number of amides is 1. The number of nitrogens with zero attached hydrogens (tertiary/aromatic N) is 2. The first-order valence-electron chi connectivity index (χ1n) is 13.4. The Bertz CT molecular complexity index is 2360. The van der Waals surface area contributed by atoms with Crippen molar-refractivity contribution in [2.45, 2.75) is 41.4 Å². The zero-order valence-corrected chi connectivity index (χ0v) is 28.1. The number of fused-ring (bicyclic) bond motifs is 4. The summed E-state index contributed by atoms with van der Waals surface area (Å²) in [5, 5.41) is 3.99. The third-order valence-electron chi connectivity index (χ3n) is 6.97. The molecule has 1 amide bonds. The van der Waals surface area contributed by atoms with Crippen molar-refractivity contribution in [3.63, 3.8) is 0 Å². The van der Waals surface area contributed by atoms with Crippen LogP contribution in [0.2, 0.25) is 10.0 Å². The molecular formula is C27H24Cl2N4O11S3. The summed E-state index contributed by atoms with van der Waals surface area (Å²) in [5.74, 6) is -1.68. The Morgan fingerprint density at radius 3 is 2.40 bits per heavy atom. The molecule has 250 valence electrons. The van der Waals surface area contributed by atoms with Crippen molar-refractivity contribution in [3.8, 4) is 23.0 Å². The van der Waals surface area contributed by atoms with Gasteiger partial charge in [-0.15, -0.1) is 0 Å². The van der Waals surface area contributed by atoms with E-state index in [9.17, 15) is 39.2 Å². The van der Waals surface area contributed by atoms with Crippen molar-refractivity contribution >= 4 is 81.7 Å². The minimum absolute atomic E-state index is 0.00304. The Hall–Kier alpha value is -3.78. The number of benzene rings is 3. The molecule has 4 N–H and O–H groups in total. The number of hydrogen-bond acceptors (Lipinski definition) is 12. The molecule has 20 heteroatoms. The largest absolute Gasteiger partial charge is 0.450 e. The molecule has 1 aliphatic carbocycles. The van der Waals surface area contributed by atoms with Gasteiger partial charge in [0.05, 0.1) is 17.6 Å². The van der Waals surface area contributed by atoms with Crippen molar-refractivity contribution < 1.29 is 48.3 Å². The molecule has 0 bridgehead atoms. The number of carbonyl (C=O) groups is 1. The number of halogens is 2. The molecule has 0 spiro atoms. The zero-order chi connectivity index (χ0) is 34.6. The lowest BCUT2D eigenvalue weighted by molar-refractivity contribution is -0.121. The second kappa shape index (κ2) is 12.3. The van der Waals surface area contributed by atoms with Crippen LogP contribution >= 0.6 is 23.2 Å². The van der Waals surface area contributed by atoms with E-state index in [0.717, 1.165) is 6.07 Å². The molecule has 0 fully saturated rings. The lowest BCUT2D eigenvalue weighted by Crippen LogP contribution is -2.44. The summed E-state index contributed by atoms with van der Waals surface area (Å²) < 4.78 is 105. The molecule has 2 aromatic carbocycles. The van der Waals surface area contributed by atoms with Gasteiger partial charge < -0.3 is 19.8 Å². The van der Waals surface area contributed by atoms with Crippen molar-refractivity contribution in [3.05, 3.63) is 57.7 Å². The molecule has 0 saturated heterocycles. The SMILES string of the molecule is C=CS(=O)(=O)C(CC)C(=O)NC(C)CN=c1ccc2nc3c(Cl)c4c(c(Cl)c3oc-2c1S(=O)(=O)O)Nc1cccc(S(=O)(=O)O)c1O4. The summed E-state index contributed by atoms with van der Waals surface area (Å²) in [6, 6.07) is 5.64. The molecule has 0 radical (unpaired) electrons. The van der Waals surface area contributed by atoms with Crippen molar-refractivity contribution in [2.24, 2.45) is 4.99 Å². The number of carbonyl (C=O) groups excluding carboxylic acids is 1. The summed E-state index contributed by atoms with van der Waals surface area (Å²) in [6.07, 6.45) is -0.0143. The maximum Gasteiger partial charge on any atom is 0.300 e. The van der Waals surface area contributed by atoms with Crippen LogP contribution in [0.15, 0.2) is 61.5 Å². The van der Waals surface area contributed by atoms with Crippen LogP contribution in [0, 0.1) is 0 Å². The third-order valence-corrected chi connectivity index (χ3v) is 11.3. The Labute approximate surface area is 278 Å². The van der Waals surface area contributed by atoms with E-state index in [1.54, 1.807) is 0 Å². The minimum Gasteiger partial charge on any atom is -0.450 e. The number of aromatic nitrogens is 1. The maximum atomic E-state index is 12.6. The average molecular weight is 748 g/mol. The van der Waals surface area contributed by atoms with E-state index < -0.39 is 62.8 Å². The van der Waals surface area contributed by atoms with E-state index in [-0.39, 0.29) is 68.0 Å². The standard InChI is InChI=1S/C27H24Cl2N4O11S3/c1-4-16(45(35,36)5-2)27(34)31-12(3)11-30-15-10-9-14-23(26(15)47(40,41)42)44-25-19(29)20-24(18(28)21(25)33-14)43-22-13(32-20)7-6-8-17(22)46(37,38)39/h5-10,12,16,32H,2,4,11H2,1,3H3,(H,31,34)(H,37,38,39)(H,40,41,42). The quantitative estimate of drug-likeness (QED) is 0.122. The Morgan fingerprint density at radius 1 is 1.09 bits per heavy atom. The van der Waals surface area contributed by atoms with Crippen LogP contribution in [0.25, 0.3) is 22.6 Å². The predicted octanol–water partition coefficient (Wildman–Crippen LogP) is 4.32. The highest BCUT2D eigenvalue weighted by molar-refractivity contribution is 7.95. The molecule has 2 heterocycles. The topological polar surface area (TPSA) is 232 Å². The van der Waals surface area contributed by atoms with E-state index >= 15 is 0 Å². The first-order chi connectivity index (χ1) is 21.9. The van der Waals surface area contributed by atoms with Gasteiger partial charge in [0.2, 0.25) is 5.91 Å². The summed E-state index contributed by atoms with van der Waals surface area (Å²) in [6.45, 7) is 6.03. The number of anilines is 2. The molecular weight excluding hydrogens is 723 g/mol. The fourth-order valence-electron chi connectivity index (χ4n) is 4.82. The first-order valence-corrected chi connectivity index (χ1v) is 18.6. The van der Waals surface area contributed by atoms with Gasteiger partial charge in [0, 0.05) is 11.4 Å². The van der Waals surface area contributed by atoms with Crippen LogP contribution < -0.4 is 20.7 Å². The van der Waals surface area contributed by atoms with Gasteiger partial charge in [0.25, 0.3) is 10.1 Å². The summed E-state index contributed by atoms with van der Waals surface area (Å²) in [5.41, 5.74) is -0.403. The van der Waals surface area contributed by atoms with Crippen LogP contribution in [0.5, 0.6) is 11.5 Å². The summed E-state index contributed by atoms with van der Waals surface area (Å²) >= 11 is 13.2. The molecule has 5 rings (SSSR count). The van der Waals surface area contributed by atoms with Crippen molar-refractivity contribution in [1.29, 1.82) is 0 Å². The van der Waals surface area contributed by atoms with E-state index in [4.69, 9.17) is 32.4 Å². The second-order valence-corrected chi connectivity index (χ2v) is 15.8. The highest BCUT2D eigenvalue weighted by Crippen LogP contribution is 2.54. The van der Waals surface area contributed by atoms with E-state index in [0.29, 0.717) is 5.41 Å². The highest BCUT2D eigenvalue weighted by atomic mass is 35.5. The van der Waals surface area contributed by atoms with Gasteiger partial charge >= 0.3 is 10.1 Å². The molecule has 47 heavy (non-hydrogen) atoms. The molecule has 0 aromatic heterocycles. The van der Waals surface area contributed by atoms with Crippen LogP contribution in [-0.4, -0.2) is 63.1 Å². The molecule has 2 atom stereocenters. The first kappa shape index (κ1) is 34.6. The zero-order valence-electron chi connectivity index (χ0n) is 24.2. The van der Waals surface area contributed by atoms with Crippen LogP contribution in [0.3, 0.4) is 0 Å². The van der Waals surface area contributed by atoms with Gasteiger partial charge in [-0.3, -0.25) is 18.9 Å². The van der Waals surface area contributed by atoms with Crippen LogP contribution in [0.1, 0.15) is 20.3 Å². The van der Waals surface area contributed by atoms with Gasteiger partial charge in [-0.2, -0.15) is 16.8 Å². The van der Waals surface area contributed by atoms with E-state index in [1.807, 2.05) is 0 Å². The number of para-hydroxylation sites is 1. The van der Waals surface area contributed by atoms with Gasteiger partial charge in [-0.25, -0.2) is 13.4 Å². The van der Waals surface area contributed by atoms with E-state index in [1.165, 1.54) is 38.1 Å². The molecule has 2 aromatic rings. The lowest BCUT2D eigenvalue weighted by Gasteiger charge is -2.25. The fourth-order valence-corrected chi connectivity index (χ4v) is 7.82. The normalized spacial score (nSPS) is 14.9. The van der Waals surface area contributed by atoms with Gasteiger partial charge in [0.1, 0.15) is 37.1 Å². The van der Waals surface area contributed by atoms with Crippen molar-refractivity contribution in [1.82, 2.24) is 10.3 Å². The van der Waals surface area contributed by atoms with Gasteiger partial charge in [-0.05, 0) is 37.6 Å². The average Bonchev–Trinajstić information content (AvgIpc) is 2.99. The maximum absolute atomic E-state index is 12.6. The molecule has 3 aliphatic rings. The number of hydrogen-bond donors (Lipinski definition) is 4. The van der Waals surface area contributed by atoms with Gasteiger partial charge in [-0.1, -0.05) is 42.8 Å². The summed E-state index contributed by atoms with van der Waals surface area (Å²) in [7, 11) is -13.6. The lowest BCUT2D eigenvalue weighted by atomic mass is 10.1. The smallest absolute Gasteiger partial charge is 0.300 e. The molecule has 2 aliphatic heterocycles. The number of rotatable bonds is 9. The second-order valence-electron chi connectivity index (χ2n) is 10.2. The van der Waals surface area contributed by atoms with E-state index in [2.05, 4.69) is 27.2 Å². The molecule has 0 saturated carbocycles.